The third-order valence-corrected chi connectivity index (χ3v) is 3.94. The predicted octanol–water partition coefficient (Wildman–Crippen LogP) is 2.22. The summed E-state index contributed by atoms with van der Waals surface area (Å²) in [5, 5.41) is 0. The van der Waals surface area contributed by atoms with Crippen LogP contribution in [0, 0.1) is 11.8 Å². The highest BCUT2D eigenvalue weighted by molar-refractivity contribution is 7.80. The summed E-state index contributed by atoms with van der Waals surface area (Å²) >= 11 is 4.29. The molecule has 96 valence electrons. The van der Waals surface area contributed by atoms with Gasteiger partial charge in [0.2, 0.25) is 0 Å². The molecule has 0 aliphatic carbocycles. The zero-order valence-electron chi connectivity index (χ0n) is 11.2. The fourth-order valence-corrected chi connectivity index (χ4v) is 2.95. The average Bonchev–Trinajstić information content (AvgIpc) is 2.61. The van der Waals surface area contributed by atoms with E-state index in [0.29, 0.717) is 0 Å². The van der Waals surface area contributed by atoms with Crippen LogP contribution in [-0.2, 0) is 0 Å². The van der Waals surface area contributed by atoms with Crippen molar-refractivity contribution in [3.05, 3.63) is 0 Å². The van der Waals surface area contributed by atoms with E-state index in [4.69, 9.17) is 0 Å². The number of nitrogens with zero attached hydrogens (tertiary/aromatic N) is 2. The molecule has 0 spiro atoms. The van der Waals surface area contributed by atoms with E-state index in [-0.39, 0.29) is 0 Å². The zero-order valence-corrected chi connectivity index (χ0v) is 12.0. The van der Waals surface area contributed by atoms with Crippen molar-refractivity contribution in [2.45, 2.75) is 26.2 Å². The highest BCUT2D eigenvalue weighted by Crippen LogP contribution is 2.16. The fourth-order valence-electron chi connectivity index (χ4n) is 2.51. The van der Waals surface area contributed by atoms with Crippen LogP contribution in [0.3, 0.4) is 0 Å². The van der Waals surface area contributed by atoms with E-state index in [0.717, 1.165) is 17.6 Å². The lowest BCUT2D eigenvalue weighted by Gasteiger charge is -2.22. The minimum atomic E-state index is 0.825. The van der Waals surface area contributed by atoms with Crippen molar-refractivity contribution in [3.8, 4) is 0 Å². The van der Waals surface area contributed by atoms with E-state index in [1.165, 1.54) is 45.4 Å². The van der Waals surface area contributed by atoms with Crippen molar-refractivity contribution in [2.24, 2.45) is 11.8 Å². The lowest BCUT2D eigenvalue weighted by atomic mass is 10.0. The first-order chi connectivity index (χ1) is 7.61. The van der Waals surface area contributed by atoms with Gasteiger partial charge in [-0.15, -0.1) is 0 Å². The molecule has 0 bridgehead atoms. The van der Waals surface area contributed by atoms with Gasteiger partial charge in [0.05, 0.1) is 0 Å². The van der Waals surface area contributed by atoms with E-state index < -0.39 is 0 Å². The van der Waals surface area contributed by atoms with Gasteiger partial charge in [-0.2, -0.15) is 12.6 Å². The molecule has 1 heterocycles. The number of rotatable bonds is 7. The first-order valence-electron chi connectivity index (χ1n) is 6.59. The van der Waals surface area contributed by atoms with Gasteiger partial charge in [-0.25, -0.2) is 0 Å². The summed E-state index contributed by atoms with van der Waals surface area (Å²) in [6.07, 6.45) is 3.95. The molecule has 2 nitrogen and oxygen atoms in total. The lowest BCUT2D eigenvalue weighted by molar-refractivity contribution is 0.257. The van der Waals surface area contributed by atoms with E-state index in [2.05, 4.69) is 43.4 Å². The third kappa shape index (κ3) is 5.55. The second-order valence-electron chi connectivity index (χ2n) is 5.59. The van der Waals surface area contributed by atoms with Gasteiger partial charge in [0.25, 0.3) is 0 Å². The van der Waals surface area contributed by atoms with Crippen molar-refractivity contribution in [1.82, 2.24) is 9.80 Å². The largest absolute Gasteiger partial charge is 0.306 e. The normalized spacial score (nSPS) is 24.2. The maximum absolute atomic E-state index is 4.29. The summed E-state index contributed by atoms with van der Waals surface area (Å²) in [6, 6.07) is 0. The molecular formula is C13H28N2S. The van der Waals surface area contributed by atoms with Crippen molar-refractivity contribution >= 4 is 12.6 Å². The molecule has 3 heteroatoms. The number of hydrogen-bond acceptors (Lipinski definition) is 3. The maximum atomic E-state index is 4.29. The van der Waals surface area contributed by atoms with Crippen LogP contribution in [-0.4, -0.2) is 55.8 Å². The van der Waals surface area contributed by atoms with Crippen LogP contribution in [0.1, 0.15) is 26.2 Å². The molecule has 0 aromatic heterocycles. The van der Waals surface area contributed by atoms with E-state index >= 15 is 0 Å². The topological polar surface area (TPSA) is 6.48 Å². The minimum Gasteiger partial charge on any atom is -0.306 e. The highest BCUT2D eigenvalue weighted by atomic mass is 32.1. The Morgan fingerprint density at radius 2 is 2.19 bits per heavy atom. The summed E-state index contributed by atoms with van der Waals surface area (Å²) in [4.78, 5) is 4.96. The maximum Gasteiger partial charge on any atom is 0.00193 e. The minimum absolute atomic E-state index is 0.825. The van der Waals surface area contributed by atoms with Gasteiger partial charge in [0.15, 0.2) is 0 Å². The number of thiol groups is 1. The molecule has 0 saturated carbocycles. The molecule has 2 atom stereocenters. The number of likely N-dealkylation sites (tertiary alicyclic amines) is 1. The molecule has 0 radical (unpaired) electrons. The summed E-state index contributed by atoms with van der Waals surface area (Å²) in [5.74, 6) is 2.75. The summed E-state index contributed by atoms with van der Waals surface area (Å²) in [7, 11) is 4.50. The molecule has 0 aromatic rings. The first-order valence-corrected chi connectivity index (χ1v) is 7.23. The second-order valence-corrected chi connectivity index (χ2v) is 6.03. The monoisotopic (exact) mass is 244 g/mol. The molecule has 0 N–H and O–H groups in total. The Hall–Kier alpha value is 0.270. The lowest BCUT2D eigenvalue weighted by Crippen LogP contribution is -2.29. The van der Waals surface area contributed by atoms with Gasteiger partial charge >= 0.3 is 0 Å². The highest BCUT2D eigenvalue weighted by Gasteiger charge is 2.20. The molecule has 1 fully saturated rings. The SMILES string of the molecule is CC(CCS)CCN(C)CC1CCN(C)C1. The molecule has 2 unspecified atom stereocenters. The molecule has 1 rings (SSSR count). The Labute approximate surface area is 107 Å². The van der Waals surface area contributed by atoms with Crippen LogP contribution in [0.5, 0.6) is 0 Å². The summed E-state index contributed by atoms with van der Waals surface area (Å²) in [6.45, 7) is 7.44. The van der Waals surface area contributed by atoms with E-state index in [1.807, 2.05) is 0 Å². The van der Waals surface area contributed by atoms with Crippen LogP contribution >= 0.6 is 12.6 Å². The Balaban J connectivity index is 2.08. The molecule has 0 aromatic carbocycles. The Bertz CT molecular complexity index is 187. The van der Waals surface area contributed by atoms with Gasteiger partial charge in [-0.3, -0.25) is 0 Å². The zero-order chi connectivity index (χ0) is 12.0. The smallest absolute Gasteiger partial charge is 0.00193 e. The Kier molecular flexibility index (Phi) is 6.78. The second kappa shape index (κ2) is 7.57. The van der Waals surface area contributed by atoms with Gasteiger partial charge in [0.1, 0.15) is 0 Å². The van der Waals surface area contributed by atoms with Crippen molar-refractivity contribution in [1.29, 1.82) is 0 Å². The van der Waals surface area contributed by atoms with Crippen LogP contribution in [0.4, 0.5) is 0 Å². The first kappa shape index (κ1) is 14.3. The number of hydrogen-bond donors (Lipinski definition) is 1. The molecule has 0 amide bonds. The molecular weight excluding hydrogens is 216 g/mol. The van der Waals surface area contributed by atoms with E-state index in [9.17, 15) is 0 Å². The van der Waals surface area contributed by atoms with Crippen molar-refractivity contribution < 1.29 is 0 Å². The predicted molar refractivity (Wildman–Crippen MR) is 75.4 cm³/mol. The Morgan fingerprint density at radius 1 is 1.44 bits per heavy atom. The van der Waals surface area contributed by atoms with Crippen LogP contribution < -0.4 is 0 Å². The molecule has 16 heavy (non-hydrogen) atoms. The van der Waals surface area contributed by atoms with Crippen LogP contribution in [0.2, 0.25) is 0 Å². The van der Waals surface area contributed by atoms with Gasteiger partial charge < -0.3 is 9.80 Å². The van der Waals surface area contributed by atoms with Crippen LogP contribution in [0.15, 0.2) is 0 Å². The van der Waals surface area contributed by atoms with E-state index in [1.54, 1.807) is 0 Å². The standard InChI is InChI=1S/C13H28N2S/c1-12(6-9-16)4-7-14(2)10-13-5-8-15(3)11-13/h12-13,16H,4-11H2,1-3H3. The molecule has 1 saturated heterocycles. The van der Waals surface area contributed by atoms with Gasteiger partial charge in [-0.05, 0) is 64.0 Å². The van der Waals surface area contributed by atoms with Gasteiger partial charge in [-0.1, -0.05) is 6.92 Å². The Morgan fingerprint density at radius 3 is 2.75 bits per heavy atom. The summed E-state index contributed by atoms with van der Waals surface area (Å²) in [5.41, 5.74) is 0. The third-order valence-electron chi connectivity index (χ3n) is 3.68. The van der Waals surface area contributed by atoms with Crippen LogP contribution in [0.25, 0.3) is 0 Å². The quantitative estimate of drug-likeness (QED) is 0.686. The molecule has 1 aliphatic heterocycles. The van der Waals surface area contributed by atoms with Crippen molar-refractivity contribution in [2.75, 3.05) is 46.0 Å². The molecule has 1 aliphatic rings. The fraction of sp³-hybridized carbons (Fsp3) is 1.00. The summed E-state index contributed by atoms with van der Waals surface area (Å²) < 4.78 is 0. The average molecular weight is 244 g/mol. The van der Waals surface area contributed by atoms with Gasteiger partial charge in [0, 0.05) is 13.1 Å². The van der Waals surface area contributed by atoms with Crippen molar-refractivity contribution in [3.63, 3.8) is 0 Å².